The fourth-order valence-corrected chi connectivity index (χ4v) is 10.1. The van der Waals surface area contributed by atoms with Gasteiger partial charge in [-0.05, 0) is 147 Å². The van der Waals surface area contributed by atoms with Crippen molar-refractivity contribution in [3.63, 3.8) is 0 Å². The molecule has 6 aromatic rings. The van der Waals surface area contributed by atoms with Crippen molar-refractivity contribution in [2.45, 2.75) is 83.6 Å². The number of carbonyl (C=O) groups excluding carboxylic acids is 2. The molecule has 2 aliphatic heterocycles. The van der Waals surface area contributed by atoms with E-state index >= 15 is 0 Å². The minimum atomic E-state index is -4.43. The summed E-state index contributed by atoms with van der Waals surface area (Å²) in [6.07, 6.45) is -2.72. The van der Waals surface area contributed by atoms with Crippen molar-refractivity contribution in [1.29, 1.82) is 10.5 Å². The molecule has 0 radical (unpaired) electrons. The SMILES string of the molecule is C[C@@H](CCCOc1ccccc1OCC(F)(F)F)Cc1cc(C#N)c2c(c1)CCN2CCCOC(=O)c1ccccc1.C[C@H](Cc1cc(C#N)c2c(c1)CCN2CCCOC(=O)c1ccccc1)NCCOc1ccccc1OCC(F)(F)F. The van der Waals surface area contributed by atoms with Crippen LogP contribution in [0.3, 0.4) is 0 Å². The second-order valence-electron chi connectivity index (χ2n) is 20.6. The Hall–Kier alpha value is -8.42. The van der Waals surface area contributed by atoms with E-state index in [-0.39, 0.29) is 41.8 Å². The molecule has 1 N–H and O–H groups in total. The van der Waals surface area contributed by atoms with Gasteiger partial charge in [-0.1, -0.05) is 79.7 Å². The molecule has 84 heavy (non-hydrogen) atoms. The van der Waals surface area contributed by atoms with Gasteiger partial charge in [0.05, 0.1) is 53.4 Å². The third-order valence-corrected chi connectivity index (χ3v) is 13.9. The number of anilines is 2. The van der Waals surface area contributed by atoms with Crippen LogP contribution in [0.5, 0.6) is 23.0 Å². The smallest absolute Gasteiger partial charge is 0.422 e. The second kappa shape index (κ2) is 31.3. The monoisotopic (exact) mass is 1160 g/mol. The zero-order chi connectivity index (χ0) is 59.9. The van der Waals surface area contributed by atoms with Crippen LogP contribution < -0.4 is 34.1 Å². The minimum Gasteiger partial charge on any atom is -0.490 e. The molecular weight excluding hydrogens is 1090 g/mol. The average molecular weight is 1160 g/mol. The van der Waals surface area contributed by atoms with Gasteiger partial charge in [0.2, 0.25) is 0 Å². The van der Waals surface area contributed by atoms with Gasteiger partial charge in [-0.25, -0.2) is 9.59 Å². The first-order chi connectivity index (χ1) is 40.5. The number of para-hydroxylation sites is 4. The maximum atomic E-state index is 12.5. The Morgan fingerprint density at radius 2 is 0.964 bits per heavy atom. The number of nitriles is 2. The molecule has 13 nitrogen and oxygen atoms in total. The van der Waals surface area contributed by atoms with Crippen LogP contribution in [0.2, 0.25) is 0 Å². The molecule has 0 fully saturated rings. The molecule has 2 atom stereocenters. The van der Waals surface area contributed by atoms with Crippen LogP contribution in [0.15, 0.2) is 133 Å². The van der Waals surface area contributed by atoms with Crippen molar-refractivity contribution in [2.75, 3.05) is 82.2 Å². The summed E-state index contributed by atoms with van der Waals surface area (Å²) in [7, 11) is 0. The summed E-state index contributed by atoms with van der Waals surface area (Å²) in [5.74, 6) is 0.332. The molecule has 0 bridgehead atoms. The number of hydrogen-bond acceptors (Lipinski definition) is 13. The summed E-state index contributed by atoms with van der Waals surface area (Å²) in [6.45, 7) is 6.15. The molecule has 0 saturated carbocycles. The summed E-state index contributed by atoms with van der Waals surface area (Å²) < 4.78 is 107. The number of halogens is 6. The number of carbonyl (C=O) groups is 2. The van der Waals surface area contributed by atoms with Crippen LogP contribution in [0.25, 0.3) is 0 Å². The van der Waals surface area contributed by atoms with Crippen molar-refractivity contribution in [1.82, 2.24) is 5.32 Å². The Morgan fingerprint density at radius 3 is 1.40 bits per heavy atom. The fourth-order valence-electron chi connectivity index (χ4n) is 10.1. The van der Waals surface area contributed by atoms with Gasteiger partial charge < -0.3 is 43.5 Å². The lowest BCUT2D eigenvalue weighted by atomic mass is 9.93. The number of alkyl halides is 6. The van der Waals surface area contributed by atoms with Crippen LogP contribution >= 0.6 is 0 Å². The second-order valence-corrected chi connectivity index (χ2v) is 20.6. The molecule has 2 heterocycles. The highest BCUT2D eigenvalue weighted by molar-refractivity contribution is 5.89. The summed E-state index contributed by atoms with van der Waals surface area (Å²) >= 11 is 0. The van der Waals surface area contributed by atoms with Gasteiger partial charge in [-0.2, -0.15) is 36.9 Å². The quantitative estimate of drug-likeness (QED) is 0.0282. The average Bonchev–Trinajstić information content (AvgIpc) is 3.65. The highest BCUT2D eigenvalue weighted by atomic mass is 19.4. The summed E-state index contributed by atoms with van der Waals surface area (Å²) in [6, 6.07) is 43.5. The molecule has 6 aromatic carbocycles. The zero-order valence-electron chi connectivity index (χ0n) is 47.1. The van der Waals surface area contributed by atoms with Crippen LogP contribution in [0, 0.1) is 28.6 Å². The molecular formula is C65H69F6N5O8. The van der Waals surface area contributed by atoms with Crippen LogP contribution in [0.1, 0.15) is 93.6 Å². The highest BCUT2D eigenvalue weighted by Gasteiger charge is 2.31. The van der Waals surface area contributed by atoms with E-state index in [0.717, 1.165) is 78.8 Å². The number of esters is 2. The number of nitrogens with zero attached hydrogens (tertiary/aromatic N) is 4. The number of ether oxygens (including phenoxy) is 6. The largest absolute Gasteiger partial charge is 0.490 e. The maximum absolute atomic E-state index is 12.5. The van der Waals surface area contributed by atoms with E-state index in [1.807, 2.05) is 31.2 Å². The highest BCUT2D eigenvalue weighted by Crippen LogP contribution is 2.36. The normalized spacial score (nSPS) is 13.3. The molecule has 444 valence electrons. The van der Waals surface area contributed by atoms with Crippen molar-refractivity contribution in [3.8, 4) is 35.1 Å². The number of fused-ring (bicyclic) bond motifs is 2. The van der Waals surface area contributed by atoms with E-state index in [1.165, 1.54) is 12.1 Å². The molecule has 0 amide bonds. The van der Waals surface area contributed by atoms with Crippen LogP contribution in [0.4, 0.5) is 37.7 Å². The zero-order valence-corrected chi connectivity index (χ0v) is 47.1. The fraction of sp³-hybridized carbons (Fsp3) is 0.385. The van der Waals surface area contributed by atoms with Gasteiger partial charge in [0, 0.05) is 38.8 Å². The van der Waals surface area contributed by atoms with E-state index in [4.69, 9.17) is 28.4 Å². The first kappa shape index (κ1) is 63.2. The van der Waals surface area contributed by atoms with Gasteiger partial charge in [0.1, 0.15) is 18.7 Å². The van der Waals surface area contributed by atoms with Crippen LogP contribution in [-0.4, -0.2) is 103 Å². The third kappa shape index (κ3) is 19.9. The summed E-state index contributed by atoms with van der Waals surface area (Å²) in [5, 5.41) is 23.2. The van der Waals surface area contributed by atoms with E-state index < -0.39 is 25.6 Å². The Balaban J connectivity index is 0.000000241. The van der Waals surface area contributed by atoms with Gasteiger partial charge in [0.15, 0.2) is 36.2 Å². The molecule has 0 unspecified atom stereocenters. The van der Waals surface area contributed by atoms with Crippen molar-refractivity contribution in [3.05, 3.63) is 178 Å². The van der Waals surface area contributed by atoms with Crippen molar-refractivity contribution in [2.24, 2.45) is 5.92 Å². The predicted molar refractivity (Wildman–Crippen MR) is 307 cm³/mol. The maximum Gasteiger partial charge on any atom is 0.422 e. The Labute approximate surface area is 486 Å². The van der Waals surface area contributed by atoms with Crippen LogP contribution in [-0.2, 0) is 35.2 Å². The Morgan fingerprint density at radius 1 is 0.548 bits per heavy atom. The number of benzene rings is 6. The number of rotatable bonds is 28. The lowest BCUT2D eigenvalue weighted by Crippen LogP contribution is -2.32. The molecule has 0 aliphatic carbocycles. The van der Waals surface area contributed by atoms with E-state index in [9.17, 15) is 46.5 Å². The Bertz CT molecular complexity index is 2960. The summed E-state index contributed by atoms with van der Waals surface area (Å²) in [5.41, 5.74) is 8.74. The van der Waals surface area contributed by atoms with E-state index in [2.05, 4.69) is 46.3 Å². The summed E-state index contributed by atoms with van der Waals surface area (Å²) in [4.78, 5) is 28.7. The van der Waals surface area contributed by atoms with Gasteiger partial charge in [-0.15, -0.1) is 0 Å². The standard InChI is InChI=1S/C33H35F3N2O4.C32H34F3N3O4/c1-24(9-7-17-40-29-12-5-6-13-30(29)42-23-33(34,35)36)19-25-20-27-14-16-38(31(27)28(21-25)22-37)15-8-18-41-32(39)26-10-3-2-4-11-26;1-23(37-13-17-40-28-10-5-6-11-29(28)42-22-32(33,34)35)18-24-19-26-12-15-38(30(26)27(20-24)21-36)14-7-16-41-31(39)25-8-3-2-4-9-25/h2-6,10-13,20-21,24H,7-9,14-19,23H2,1H3;2-6,8-11,19-20,23,37H,7,12-18,22H2,1H3/t24-;23-/m01/s1. The lowest BCUT2D eigenvalue weighted by Gasteiger charge is -2.21. The molecule has 0 saturated heterocycles. The van der Waals surface area contributed by atoms with Crippen molar-refractivity contribution >= 4 is 23.3 Å². The van der Waals surface area contributed by atoms with Gasteiger partial charge in [-0.3, -0.25) is 0 Å². The number of nitrogens with one attached hydrogen (secondary N) is 1. The van der Waals surface area contributed by atoms with E-state index in [1.54, 1.807) is 84.9 Å². The molecule has 19 heteroatoms. The Kier molecular flexibility index (Phi) is 23.5. The minimum absolute atomic E-state index is 0.0484. The predicted octanol–water partition coefficient (Wildman–Crippen LogP) is 12.9. The molecule has 0 spiro atoms. The van der Waals surface area contributed by atoms with E-state index in [0.29, 0.717) is 92.6 Å². The first-order valence-electron chi connectivity index (χ1n) is 28.1. The lowest BCUT2D eigenvalue weighted by molar-refractivity contribution is -0.154. The third-order valence-electron chi connectivity index (χ3n) is 13.9. The van der Waals surface area contributed by atoms with Gasteiger partial charge >= 0.3 is 24.3 Å². The molecule has 8 rings (SSSR count). The first-order valence-corrected chi connectivity index (χ1v) is 28.1. The molecule has 2 aliphatic rings. The number of hydrogen-bond donors (Lipinski definition) is 1. The van der Waals surface area contributed by atoms with Crippen molar-refractivity contribution < 1.29 is 64.4 Å². The topological polar surface area (TPSA) is 156 Å². The van der Waals surface area contributed by atoms with Gasteiger partial charge in [0.25, 0.3) is 0 Å². The molecule has 0 aromatic heterocycles.